The second-order valence-corrected chi connectivity index (χ2v) is 6.20. The van der Waals surface area contributed by atoms with Crippen molar-refractivity contribution in [3.05, 3.63) is 12.2 Å². The summed E-state index contributed by atoms with van der Waals surface area (Å²) in [6.07, 6.45) is 5.49. The lowest BCUT2D eigenvalue weighted by atomic mass is 10.1. The van der Waals surface area contributed by atoms with Gasteiger partial charge in [-0.05, 0) is 25.9 Å². The molecule has 0 aliphatic heterocycles. The lowest BCUT2D eigenvalue weighted by Crippen LogP contribution is -2.16. The highest BCUT2D eigenvalue weighted by molar-refractivity contribution is 6.51. The molecule has 0 saturated heterocycles. The largest absolute Gasteiger partial charge is 0.519 e. The minimum absolute atomic E-state index is 0.178. The summed E-state index contributed by atoms with van der Waals surface area (Å²) in [6, 6.07) is 0. The van der Waals surface area contributed by atoms with Gasteiger partial charge >= 0.3 is 5.97 Å². The highest BCUT2D eigenvalue weighted by Crippen LogP contribution is 2.10. The van der Waals surface area contributed by atoms with Crippen LogP contribution in [0.3, 0.4) is 0 Å². The summed E-state index contributed by atoms with van der Waals surface area (Å²) in [6.45, 7) is 9.90. The molecule has 0 bridgehead atoms. The van der Waals surface area contributed by atoms with Gasteiger partial charge in [-0.25, -0.2) is 4.79 Å². The van der Waals surface area contributed by atoms with Gasteiger partial charge in [0.1, 0.15) is 0 Å². The Morgan fingerprint density at radius 1 is 1.29 bits per heavy atom. The average molecular weight is 214 g/mol. The molecule has 0 unspecified atom stereocenters. The highest BCUT2D eigenvalue weighted by atomic mass is 28.3. The minimum atomic E-state index is -1.24. The van der Waals surface area contributed by atoms with E-state index in [0.717, 1.165) is 12.8 Å². The third kappa shape index (κ3) is 6.89. The Bertz CT molecular complexity index is 188. The molecule has 0 aromatic rings. The maximum Gasteiger partial charge on any atom is 0.319 e. The third-order valence-corrected chi connectivity index (χ3v) is 2.65. The van der Waals surface area contributed by atoms with E-state index in [1.165, 1.54) is 19.3 Å². The van der Waals surface area contributed by atoms with Crippen LogP contribution in [-0.2, 0) is 9.22 Å². The minimum Gasteiger partial charge on any atom is -0.519 e. The predicted molar refractivity (Wildman–Crippen MR) is 62.9 cm³/mol. The summed E-state index contributed by atoms with van der Waals surface area (Å²) in [4.78, 5) is 11.3. The van der Waals surface area contributed by atoms with Crippen molar-refractivity contribution in [2.75, 3.05) is 0 Å². The van der Waals surface area contributed by atoms with E-state index in [1.807, 2.05) is 13.1 Å². The quantitative estimate of drug-likeness (QED) is 0.370. The molecule has 0 atom stereocenters. The monoisotopic (exact) mass is 214 g/mol. The van der Waals surface area contributed by atoms with Crippen LogP contribution in [0.2, 0.25) is 13.1 Å². The zero-order chi connectivity index (χ0) is 11.0. The molecule has 0 saturated carbocycles. The summed E-state index contributed by atoms with van der Waals surface area (Å²) in [5.74, 6) is -0.178. The molecule has 0 aromatic carbocycles. The van der Waals surface area contributed by atoms with Crippen molar-refractivity contribution in [1.29, 1.82) is 0 Å². The molecule has 0 radical (unpaired) electrons. The molecular formula is C11H22O2Si. The molecule has 14 heavy (non-hydrogen) atoms. The van der Waals surface area contributed by atoms with Gasteiger partial charge in [-0.15, -0.1) is 0 Å². The van der Waals surface area contributed by atoms with Crippen LogP contribution < -0.4 is 0 Å². The summed E-state index contributed by atoms with van der Waals surface area (Å²) in [7, 11) is -1.24. The van der Waals surface area contributed by atoms with Gasteiger partial charge in [0.15, 0.2) is 0 Å². The Balaban J connectivity index is 3.58. The first-order valence-corrected chi connectivity index (χ1v) is 8.24. The van der Waals surface area contributed by atoms with E-state index in [9.17, 15) is 4.79 Å². The van der Waals surface area contributed by atoms with Crippen LogP contribution in [-0.4, -0.2) is 15.0 Å². The first-order valence-electron chi connectivity index (χ1n) is 5.46. The number of unbranched alkanes of at least 4 members (excludes halogenated alkanes) is 3. The van der Waals surface area contributed by atoms with E-state index >= 15 is 0 Å². The smallest absolute Gasteiger partial charge is 0.319 e. The van der Waals surface area contributed by atoms with Gasteiger partial charge in [0.25, 0.3) is 0 Å². The first kappa shape index (κ1) is 13.4. The number of carbonyl (C=O) groups excluding carboxylic acids is 1. The highest BCUT2D eigenvalue weighted by Gasteiger charge is 2.09. The van der Waals surface area contributed by atoms with Crippen LogP contribution >= 0.6 is 0 Å². The Labute approximate surface area is 89.1 Å². The van der Waals surface area contributed by atoms with Crippen molar-refractivity contribution in [2.45, 2.75) is 52.1 Å². The lowest BCUT2D eigenvalue weighted by molar-refractivity contribution is -0.130. The third-order valence-electron chi connectivity index (χ3n) is 1.96. The van der Waals surface area contributed by atoms with Gasteiger partial charge in [0, 0.05) is 5.57 Å². The zero-order valence-corrected chi connectivity index (χ0v) is 10.8. The average Bonchev–Trinajstić information content (AvgIpc) is 2.11. The maximum absolute atomic E-state index is 11.3. The Morgan fingerprint density at radius 2 is 1.93 bits per heavy atom. The van der Waals surface area contributed by atoms with Crippen molar-refractivity contribution < 1.29 is 9.22 Å². The van der Waals surface area contributed by atoms with Crippen LogP contribution in [0.15, 0.2) is 12.2 Å². The van der Waals surface area contributed by atoms with Gasteiger partial charge in [0.05, 0.1) is 0 Å². The van der Waals surface area contributed by atoms with Crippen molar-refractivity contribution in [3.63, 3.8) is 0 Å². The predicted octanol–water partition coefficient (Wildman–Crippen LogP) is 3.04. The van der Waals surface area contributed by atoms with E-state index in [1.54, 1.807) is 0 Å². The van der Waals surface area contributed by atoms with Gasteiger partial charge < -0.3 is 4.43 Å². The summed E-state index contributed by atoms with van der Waals surface area (Å²) in [5.41, 5.74) is 0.641. The maximum atomic E-state index is 11.3. The Morgan fingerprint density at radius 3 is 2.43 bits per heavy atom. The SMILES string of the molecule is C=C(CCCCCC)C(=O)O[SiH](C)C. The number of hydrogen-bond donors (Lipinski definition) is 0. The molecule has 0 aromatic heterocycles. The fraction of sp³-hybridized carbons (Fsp3) is 0.727. The van der Waals surface area contributed by atoms with Crippen LogP contribution in [0.25, 0.3) is 0 Å². The van der Waals surface area contributed by atoms with E-state index in [4.69, 9.17) is 4.43 Å². The summed E-state index contributed by atoms with van der Waals surface area (Å²) >= 11 is 0. The Hall–Kier alpha value is -0.573. The van der Waals surface area contributed by atoms with Crippen molar-refractivity contribution in [3.8, 4) is 0 Å². The van der Waals surface area contributed by atoms with Gasteiger partial charge in [-0.3, -0.25) is 0 Å². The number of carbonyl (C=O) groups is 1. The lowest BCUT2D eigenvalue weighted by Gasteiger charge is -2.09. The van der Waals surface area contributed by atoms with Crippen molar-refractivity contribution in [1.82, 2.24) is 0 Å². The summed E-state index contributed by atoms with van der Waals surface area (Å²) in [5, 5.41) is 0. The fourth-order valence-corrected chi connectivity index (χ4v) is 1.76. The molecule has 3 heteroatoms. The molecule has 0 N–H and O–H groups in total. The van der Waals surface area contributed by atoms with Crippen molar-refractivity contribution in [2.24, 2.45) is 0 Å². The van der Waals surface area contributed by atoms with Crippen molar-refractivity contribution >= 4 is 15.0 Å². The molecule has 0 aliphatic carbocycles. The Kier molecular flexibility index (Phi) is 7.48. The second-order valence-electron chi connectivity index (χ2n) is 3.87. The normalized spacial score (nSPS) is 10.3. The van der Waals surface area contributed by atoms with Gasteiger partial charge in [0.2, 0.25) is 9.04 Å². The van der Waals surface area contributed by atoms with E-state index in [-0.39, 0.29) is 5.97 Å². The van der Waals surface area contributed by atoms with Crippen LogP contribution in [0, 0.1) is 0 Å². The first-order chi connectivity index (χ1) is 6.57. The van der Waals surface area contributed by atoms with Crippen LogP contribution in [0.4, 0.5) is 0 Å². The summed E-state index contributed by atoms with van der Waals surface area (Å²) < 4.78 is 5.17. The molecule has 0 amide bonds. The standard InChI is InChI=1S/C11H22O2Si/c1-5-6-7-8-9-10(2)11(12)13-14(3)4/h14H,2,5-9H2,1,3-4H3. The van der Waals surface area contributed by atoms with Gasteiger partial charge in [-0.1, -0.05) is 32.8 Å². The number of hydrogen-bond acceptors (Lipinski definition) is 2. The van der Waals surface area contributed by atoms with E-state index in [0.29, 0.717) is 5.57 Å². The molecule has 0 aliphatic rings. The molecule has 0 fully saturated rings. The van der Waals surface area contributed by atoms with E-state index < -0.39 is 9.04 Å². The molecule has 2 nitrogen and oxygen atoms in total. The number of rotatable bonds is 7. The van der Waals surface area contributed by atoms with Gasteiger partial charge in [-0.2, -0.15) is 0 Å². The zero-order valence-electron chi connectivity index (χ0n) is 9.64. The second kappa shape index (κ2) is 7.80. The fourth-order valence-electron chi connectivity index (χ4n) is 1.16. The van der Waals surface area contributed by atoms with E-state index in [2.05, 4.69) is 13.5 Å². The van der Waals surface area contributed by atoms with Crippen LogP contribution in [0.5, 0.6) is 0 Å². The molecule has 0 heterocycles. The topological polar surface area (TPSA) is 26.3 Å². The molecule has 0 spiro atoms. The molecular weight excluding hydrogens is 192 g/mol. The molecule has 0 rings (SSSR count). The molecule has 82 valence electrons. The van der Waals surface area contributed by atoms with Crippen LogP contribution in [0.1, 0.15) is 39.0 Å².